The van der Waals surface area contributed by atoms with Crippen LogP contribution in [-0.4, -0.2) is 35.5 Å². The highest BCUT2D eigenvalue weighted by molar-refractivity contribution is 5.95. The van der Waals surface area contributed by atoms with Gasteiger partial charge in [0.1, 0.15) is 5.82 Å². The Morgan fingerprint density at radius 3 is 3.08 bits per heavy atom. The molecule has 126 valence electrons. The summed E-state index contributed by atoms with van der Waals surface area (Å²) in [6.45, 7) is 3.21. The van der Waals surface area contributed by atoms with Crippen molar-refractivity contribution in [3.8, 4) is 22.6 Å². The second kappa shape index (κ2) is 6.16. The summed E-state index contributed by atoms with van der Waals surface area (Å²) in [6.07, 6.45) is 3.40. The first-order chi connectivity index (χ1) is 11.7. The van der Waals surface area contributed by atoms with Gasteiger partial charge in [-0.25, -0.2) is 0 Å². The molecule has 7 nitrogen and oxygen atoms in total. The Hall–Kier alpha value is -2.54. The van der Waals surface area contributed by atoms with E-state index in [4.69, 9.17) is 9.47 Å². The number of carbonyl (C=O) groups excluding carboxylic acids is 1. The Balaban J connectivity index is 1.53. The van der Waals surface area contributed by atoms with Crippen LogP contribution < -0.4 is 20.1 Å². The lowest BCUT2D eigenvalue weighted by Crippen LogP contribution is -2.40. The molecule has 1 aromatic carbocycles. The van der Waals surface area contributed by atoms with E-state index in [2.05, 4.69) is 27.8 Å². The highest BCUT2D eigenvalue weighted by Crippen LogP contribution is 2.37. The number of hydrogen-bond acceptors (Lipinski definition) is 5. The Morgan fingerprint density at radius 2 is 2.21 bits per heavy atom. The fraction of sp³-hybridized carbons (Fsp3) is 0.412. The standard InChI is InChI=1S/C17H20N4O3/c1-10-6-12(4-5-18-10)17(22)20-16-13(8-19-21-16)11-2-3-14-15(7-11)24-9-23-14/h2-3,7-8,10,12,18H,4-6,9H2,1H3,(H2,19,20,21,22)/t10-,12-/m0/s1. The van der Waals surface area contributed by atoms with Gasteiger partial charge in [0.25, 0.3) is 0 Å². The lowest BCUT2D eigenvalue weighted by Gasteiger charge is -2.27. The summed E-state index contributed by atoms with van der Waals surface area (Å²) in [7, 11) is 0. The fourth-order valence-electron chi connectivity index (χ4n) is 3.26. The first-order valence-corrected chi connectivity index (χ1v) is 8.18. The van der Waals surface area contributed by atoms with Crippen molar-refractivity contribution in [3.05, 3.63) is 24.4 Å². The van der Waals surface area contributed by atoms with Crippen molar-refractivity contribution in [2.24, 2.45) is 5.92 Å². The van der Waals surface area contributed by atoms with Crippen molar-refractivity contribution < 1.29 is 14.3 Å². The number of rotatable bonds is 3. The molecule has 0 bridgehead atoms. The third-order valence-corrected chi connectivity index (χ3v) is 4.57. The van der Waals surface area contributed by atoms with Gasteiger partial charge in [-0.1, -0.05) is 6.07 Å². The maximum Gasteiger partial charge on any atom is 0.231 e. The summed E-state index contributed by atoms with van der Waals surface area (Å²) in [5, 5.41) is 13.3. The first kappa shape index (κ1) is 15.0. The Morgan fingerprint density at radius 1 is 1.33 bits per heavy atom. The van der Waals surface area contributed by atoms with Gasteiger partial charge in [-0.2, -0.15) is 5.10 Å². The molecule has 4 rings (SSSR count). The van der Waals surface area contributed by atoms with Crippen LogP contribution in [-0.2, 0) is 4.79 Å². The van der Waals surface area contributed by atoms with Gasteiger partial charge >= 0.3 is 0 Å². The van der Waals surface area contributed by atoms with Gasteiger partial charge in [-0.15, -0.1) is 0 Å². The maximum absolute atomic E-state index is 12.6. The zero-order valence-corrected chi connectivity index (χ0v) is 13.5. The van der Waals surface area contributed by atoms with E-state index in [1.165, 1.54) is 0 Å². The van der Waals surface area contributed by atoms with Gasteiger partial charge in [0.15, 0.2) is 11.5 Å². The zero-order chi connectivity index (χ0) is 16.5. The van der Waals surface area contributed by atoms with Gasteiger partial charge in [0.05, 0.1) is 6.20 Å². The van der Waals surface area contributed by atoms with E-state index in [1.807, 2.05) is 18.2 Å². The van der Waals surface area contributed by atoms with Crippen molar-refractivity contribution in [1.29, 1.82) is 0 Å². The molecule has 24 heavy (non-hydrogen) atoms. The minimum atomic E-state index is 0.0224. The number of fused-ring (bicyclic) bond motifs is 1. The molecule has 0 radical (unpaired) electrons. The molecule has 7 heteroatoms. The van der Waals surface area contributed by atoms with Crippen molar-refractivity contribution in [3.63, 3.8) is 0 Å². The number of benzene rings is 1. The summed E-state index contributed by atoms with van der Waals surface area (Å²) >= 11 is 0. The number of ether oxygens (including phenoxy) is 2. The van der Waals surface area contributed by atoms with Crippen molar-refractivity contribution in [1.82, 2.24) is 15.5 Å². The molecular weight excluding hydrogens is 308 g/mol. The Bertz CT molecular complexity index is 758. The second-order valence-electron chi connectivity index (χ2n) is 6.29. The number of amides is 1. The number of aromatic amines is 1. The van der Waals surface area contributed by atoms with Gasteiger partial charge < -0.3 is 20.1 Å². The van der Waals surface area contributed by atoms with E-state index in [0.717, 1.165) is 36.3 Å². The largest absolute Gasteiger partial charge is 0.454 e. The molecule has 1 saturated heterocycles. The maximum atomic E-state index is 12.6. The van der Waals surface area contributed by atoms with E-state index in [0.29, 0.717) is 17.6 Å². The van der Waals surface area contributed by atoms with Crippen LogP contribution in [0.2, 0.25) is 0 Å². The predicted molar refractivity (Wildman–Crippen MR) is 89.0 cm³/mol. The molecule has 3 heterocycles. The lowest BCUT2D eigenvalue weighted by molar-refractivity contribution is -0.120. The Kier molecular flexibility index (Phi) is 3.86. The van der Waals surface area contributed by atoms with E-state index in [9.17, 15) is 4.79 Å². The summed E-state index contributed by atoms with van der Waals surface area (Å²) < 4.78 is 10.8. The van der Waals surface area contributed by atoms with E-state index < -0.39 is 0 Å². The summed E-state index contributed by atoms with van der Waals surface area (Å²) in [6, 6.07) is 6.06. The SMILES string of the molecule is C[C@H]1C[C@@H](C(=O)Nc2[nH]ncc2-c2ccc3c(c2)OCO3)CCN1. The monoisotopic (exact) mass is 328 g/mol. The quantitative estimate of drug-likeness (QED) is 0.803. The first-order valence-electron chi connectivity index (χ1n) is 8.18. The molecule has 1 amide bonds. The van der Waals surface area contributed by atoms with Crippen LogP contribution in [0.3, 0.4) is 0 Å². The van der Waals surface area contributed by atoms with E-state index >= 15 is 0 Å². The van der Waals surface area contributed by atoms with Crippen LogP contribution in [0.25, 0.3) is 11.1 Å². The molecule has 2 aliphatic heterocycles. The van der Waals surface area contributed by atoms with Crippen LogP contribution in [0, 0.1) is 5.92 Å². The summed E-state index contributed by atoms with van der Waals surface area (Å²) in [5.74, 6) is 2.11. The normalized spacial score (nSPS) is 22.4. The predicted octanol–water partition coefficient (Wildman–Crippen LogP) is 2.13. The highest BCUT2D eigenvalue weighted by Gasteiger charge is 2.26. The molecule has 2 aliphatic rings. The second-order valence-corrected chi connectivity index (χ2v) is 6.29. The van der Waals surface area contributed by atoms with Crippen molar-refractivity contribution in [2.75, 3.05) is 18.7 Å². The molecule has 0 saturated carbocycles. The third kappa shape index (κ3) is 2.82. The third-order valence-electron chi connectivity index (χ3n) is 4.57. The van der Waals surface area contributed by atoms with Gasteiger partial charge in [-0.3, -0.25) is 9.89 Å². The number of nitrogens with one attached hydrogen (secondary N) is 3. The molecular formula is C17H20N4O3. The minimum Gasteiger partial charge on any atom is -0.454 e. The van der Waals surface area contributed by atoms with Gasteiger partial charge in [-0.05, 0) is 44.0 Å². The number of H-pyrrole nitrogens is 1. The Labute approximate surface area is 139 Å². The molecule has 0 unspecified atom stereocenters. The van der Waals surface area contributed by atoms with E-state index in [-0.39, 0.29) is 18.6 Å². The van der Waals surface area contributed by atoms with E-state index in [1.54, 1.807) is 6.20 Å². The number of anilines is 1. The lowest BCUT2D eigenvalue weighted by atomic mass is 9.92. The fourth-order valence-corrected chi connectivity index (χ4v) is 3.26. The summed E-state index contributed by atoms with van der Waals surface area (Å²) in [4.78, 5) is 12.6. The average Bonchev–Trinajstić information content (AvgIpc) is 3.22. The zero-order valence-electron chi connectivity index (χ0n) is 13.5. The highest BCUT2D eigenvalue weighted by atomic mass is 16.7. The molecule has 2 aromatic rings. The van der Waals surface area contributed by atoms with Crippen molar-refractivity contribution in [2.45, 2.75) is 25.8 Å². The van der Waals surface area contributed by atoms with Crippen LogP contribution in [0.1, 0.15) is 19.8 Å². The molecule has 1 aromatic heterocycles. The van der Waals surface area contributed by atoms with Crippen LogP contribution in [0.5, 0.6) is 11.5 Å². The minimum absolute atomic E-state index is 0.0224. The molecule has 2 atom stereocenters. The number of nitrogens with zero attached hydrogens (tertiary/aromatic N) is 1. The topological polar surface area (TPSA) is 88.3 Å². The molecule has 3 N–H and O–H groups in total. The number of piperidine rings is 1. The van der Waals surface area contributed by atoms with Gasteiger partial charge in [0, 0.05) is 17.5 Å². The molecule has 0 aliphatic carbocycles. The van der Waals surface area contributed by atoms with Crippen LogP contribution in [0.4, 0.5) is 5.82 Å². The van der Waals surface area contributed by atoms with Crippen LogP contribution >= 0.6 is 0 Å². The number of aromatic nitrogens is 2. The molecule has 0 spiro atoms. The van der Waals surface area contributed by atoms with Crippen LogP contribution in [0.15, 0.2) is 24.4 Å². The average molecular weight is 328 g/mol. The number of carbonyl (C=O) groups is 1. The van der Waals surface area contributed by atoms with Gasteiger partial charge in [0.2, 0.25) is 12.7 Å². The van der Waals surface area contributed by atoms with Crippen molar-refractivity contribution >= 4 is 11.7 Å². The number of hydrogen-bond donors (Lipinski definition) is 3. The molecule has 1 fully saturated rings. The smallest absolute Gasteiger partial charge is 0.231 e. The summed E-state index contributed by atoms with van der Waals surface area (Å²) in [5.41, 5.74) is 1.76.